The minimum Gasteiger partial charge on any atom is -0.457 e. The molecule has 0 aromatic heterocycles. The summed E-state index contributed by atoms with van der Waals surface area (Å²) in [5.41, 5.74) is 2.43. The highest BCUT2D eigenvalue weighted by molar-refractivity contribution is 5.41. The molecule has 1 N–H and O–H groups in total. The molecule has 0 saturated carbocycles. The summed E-state index contributed by atoms with van der Waals surface area (Å²) >= 11 is 0. The zero-order chi connectivity index (χ0) is 13.5. The molecule has 0 aliphatic rings. The van der Waals surface area contributed by atoms with Crippen LogP contribution < -0.4 is 10.1 Å². The summed E-state index contributed by atoms with van der Waals surface area (Å²) in [7, 11) is 0. The Balaban J connectivity index is 2.22. The molecule has 19 heavy (non-hydrogen) atoms. The Morgan fingerprint density at radius 2 is 1.42 bits per heavy atom. The van der Waals surface area contributed by atoms with E-state index in [0.717, 1.165) is 31.0 Å². The van der Waals surface area contributed by atoms with Crippen LogP contribution in [0.5, 0.6) is 11.5 Å². The van der Waals surface area contributed by atoms with Crippen LogP contribution in [0.1, 0.15) is 25.0 Å². The van der Waals surface area contributed by atoms with Gasteiger partial charge in [-0.15, -0.1) is 0 Å². The van der Waals surface area contributed by atoms with Crippen molar-refractivity contribution in [3.05, 3.63) is 59.7 Å². The van der Waals surface area contributed by atoms with Gasteiger partial charge in [-0.2, -0.15) is 0 Å². The van der Waals surface area contributed by atoms with Gasteiger partial charge in [0.15, 0.2) is 0 Å². The molecule has 2 aromatic carbocycles. The van der Waals surface area contributed by atoms with Gasteiger partial charge in [-0.1, -0.05) is 50.2 Å². The van der Waals surface area contributed by atoms with Gasteiger partial charge in [-0.3, -0.25) is 0 Å². The van der Waals surface area contributed by atoms with Gasteiger partial charge in [0.1, 0.15) is 11.5 Å². The van der Waals surface area contributed by atoms with Crippen molar-refractivity contribution in [2.75, 3.05) is 6.54 Å². The molecule has 0 unspecified atom stereocenters. The number of ether oxygens (including phenoxy) is 1. The monoisotopic (exact) mass is 255 g/mol. The molecule has 100 valence electrons. The number of rotatable bonds is 6. The van der Waals surface area contributed by atoms with Gasteiger partial charge in [-0.25, -0.2) is 0 Å². The van der Waals surface area contributed by atoms with Crippen molar-refractivity contribution in [3.8, 4) is 11.5 Å². The van der Waals surface area contributed by atoms with Crippen molar-refractivity contribution in [1.29, 1.82) is 0 Å². The maximum Gasteiger partial charge on any atom is 0.131 e. The van der Waals surface area contributed by atoms with Crippen LogP contribution in [-0.4, -0.2) is 6.54 Å². The van der Waals surface area contributed by atoms with Gasteiger partial charge >= 0.3 is 0 Å². The first-order valence-electron chi connectivity index (χ1n) is 6.89. The van der Waals surface area contributed by atoms with Crippen LogP contribution in [0.4, 0.5) is 0 Å². The molecule has 0 heterocycles. The number of nitrogens with one attached hydrogen (secondary N) is 1. The highest BCUT2D eigenvalue weighted by Gasteiger charge is 2.06. The van der Waals surface area contributed by atoms with E-state index in [9.17, 15) is 0 Å². The molecule has 0 spiro atoms. The standard InChI is InChI=1S/C17H21NO/c1-3-14-9-5-7-11-16(14)19-17-12-8-6-10-15(17)13-18-4-2/h5-12,18H,3-4,13H2,1-2H3. The Morgan fingerprint density at radius 3 is 2.05 bits per heavy atom. The highest BCUT2D eigenvalue weighted by Crippen LogP contribution is 2.28. The second kappa shape index (κ2) is 6.95. The average molecular weight is 255 g/mol. The summed E-state index contributed by atoms with van der Waals surface area (Å²) in [6.45, 7) is 6.05. The van der Waals surface area contributed by atoms with Gasteiger partial charge in [0.05, 0.1) is 0 Å². The van der Waals surface area contributed by atoms with E-state index in [1.807, 2.05) is 30.3 Å². The van der Waals surface area contributed by atoms with Crippen molar-refractivity contribution in [2.24, 2.45) is 0 Å². The maximum atomic E-state index is 6.09. The van der Waals surface area contributed by atoms with Crippen molar-refractivity contribution < 1.29 is 4.74 Å². The smallest absolute Gasteiger partial charge is 0.131 e. The van der Waals surface area contributed by atoms with Crippen LogP contribution in [0.25, 0.3) is 0 Å². The second-order valence-electron chi connectivity index (χ2n) is 4.45. The van der Waals surface area contributed by atoms with Crippen LogP contribution in [0.3, 0.4) is 0 Å². The third-order valence-electron chi connectivity index (χ3n) is 3.11. The van der Waals surface area contributed by atoms with E-state index in [4.69, 9.17) is 4.74 Å². The molecule has 2 rings (SSSR count). The molecule has 2 heteroatoms. The van der Waals surface area contributed by atoms with Crippen LogP contribution in [0, 0.1) is 0 Å². The molecule has 2 aromatic rings. The largest absolute Gasteiger partial charge is 0.457 e. The lowest BCUT2D eigenvalue weighted by Gasteiger charge is -2.13. The molecule has 0 amide bonds. The van der Waals surface area contributed by atoms with E-state index in [2.05, 4.69) is 37.4 Å². The second-order valence-corrected chi connectivity index (χ2v) is 4.45. The first kappa shape index (κ1) is 13.6. The zero-order valence-electron chi connectivity index (χ0n) is 11.6. The molecule has 2 nitrogen and oxygen atoms in total. The topological polar surface area (TPSA) is 21.3 Å². The summed E-state index contributed by atoms with van der Waals surface area (Å²) in [5, 5.41) is 3.34. The van der Waals surface area contributed by atoms with Crippen molar-refractivity contribution in [3.63, 3.8) is 0 Å². The van der Waals surface area contributed by atoms with E-state index < -0.39 is 0 Å². The molecule has 0 aliphatic carbocycles. The molecule has 0 radical (unpaired) electrons. The lowest BCUT2D eigenvalue weighted by atomic mass is 10.1. The number of benzene rings is 2. The molecule has 0 saturated heterocycles. The van der Waals surface area contributed by atoms with Crippen LogP contribution in [0.15, 0.2) is 48.5 Å². The summed E-state index contributed by atoms with van der Waals surface area (Å²) in [6, 6.07) is 16.4. The number of hydrogen-bond acceptors (Lipinski definition) is 2. The quantitative estimate of drug-likeness (QED) is 0.837. The fraction of sp³-hybridized carbons (Fsp3) is 0.294. The third kappa shape index (κ3) is 3.58. The minimum atomic E-state index is 0.834. The summed E-state index contributed by atoms with van der Waals surface area (Å²) in [5.74, 6) is 1.89. The van der Waals surface area contributed by atoms with E-state index in [-0.39, 0.29) is 0 Å². The first-order valence-corrected chi connectivity index (χ1v) is 6.89. The first-order chi connectivity index (χ1) is 9.35. The van der Waals surface area contributed by atoms with Gasteiger partial charge in [-0.05, 0) is 30.7 Å². The van der Waals surface area contributed by atoms with Crippen LogP contribution in [-0.2, 0) is 13.0 Å². The van der Waals surface area contributed by atoms with E-state index >= 15 is 0 Å². The fourth-order valence-electron chi connectivity index (χ4n) is 2.02. The number of para-hydroxylation sites is 2. The van der Waals surface area contributed by atoms with Crippen LogP contribution in [0.2, 0.25) is 0 Å². The lowest BCUT2D eigenvalue weighted by molar-refractivity contribution is 0.468. The predicted molar refractivity (Wildman–Crippen MR) is 79.7 cm³/mol. The Morgan fingerprint density at radius 1 is 0.842 bits per heavy atom. The Bertz CT molecular complexity index is 522. The van der Waals surface area contributed by atoms with E-state index in [1.165, 1.54) is 11.1 Å². The summed E-state index contributed by atoms with van der Waals surface area (Å²) in [6.07, 6.45) is 0.978. The minimum absolute atomic E-state index is 0.834. The molecule has 0 bridgehead atoms. The van der Waals surface area contributed by atoms with Gasteiger partial charge < -0.3 is 10.1 Å². The van der Waals surface area contributed by atoms with E-state index in [0.29, 0.717) is 0 Å². The highest BCUT2D eigenvalue weighted by atomic mass is 16.5. The molecular weight excluding hydrogens is 234 g/mol. The predicted octanol–water partition coefficient (Wildman–Crippen LogP) is 4.15. The van der Waals surface area contributed by atoms with Crippen molar-refractivity contribution >= 4 is 0 Å². The van der Waals surface area contributed by atoms with Gasteiger partial charge in [0.25, 0.3) is 0 Å². The summed E-state index contributed by atoms with van der Waals surface area (Å²) in [4.78, 5) is 0. The molecule has 0 atom stereocenters. The van der Waals surface area contributed by atoms with Crippen molar-refractivity contribution in [2.45, 2.75) is 26.8 Å². The average Bonchev–Trinajstić information content (AvgIpc) is 2.47. The molecule has 0 aliphatic heterocycles. The van der Waals surface area contributed by atoms with Crippen LogP contribution >= 0.6 is 0 Å². The molecule has 0 fully saturated rings. The van der Waals surface area contributed by atoms with Crippen molar-refractivity contribution in [1.82, 2.24) is 5.32 Å². The maximum absolute atomic E-state index is 6.09. The SMILES string of the molecule is CCNCc1ccccc1Oc1ccccc1CC. The van der Waals surface area contributed by atoms with Gasteiger partial charge in [0.2, 0.25) is 0 Å². The van der Waals surface area contributed by atoms with Gasteiger partial charge in [0, 0.05) is 12.1 Å². The zero-order valence-corrected chi connectivity index (χ0v) is 11.6. The molecular formula is C17H21NO. The number of aryl methyl sites for hydroxylation is 1. The fourth-order valence-corrected chi connectivity index (χ4v) is 2.02. The summed E-state index contributed by atoms with van der Waals surface area (Å²) < 4.78 is 6.09. The Kier molecular flexibility index (Phi) is 4.99. The third-order valence-corrected chi connectivity index (χ3v) is 3.11. The number of hydrogen-bond donors (Lipinski definition) is 1. The lowest BCUT2D eigenvalue weighted by Crippen LogP contribution is -2.12. The van der Waals surface area contributed by atoms with E-state index in [1.54, 1.807) is 0 Å². The normalized spacial score (nSPS) is 10.4. The Hall–Kier alpha value is -1.80. The Labute approximate surface area is 115 Å².